The third-order valence-corrected chi connectivity index (χ3v) is 3.21. The SMILES string of the molecule is O=C(O)C(Oc1ccccn1)C1CCCCC1. The first-order chi connectivity index (χ1) is 8.27. The standard InChI is InChI=1S/C13H17NO3/c15-13(16)12(10-6-2-1-3-7-10)17-11-8-4-5-9-14-11/h4-5,8-10,12H,1-3,6-7H2,(H,15,16). The van der Waals surface area contributed by atoms with Crippen LogP contribution < -0.4 is 4.74 Å². The predicted octanol–water partition coefficient (Wildman–Crippen LogP) is 2.49. The highest BCUT2D eigenvalue weighted by molar-refractivity contribution is 5.73. The number of aliphatic carboxylic acids is 1. The fourth-order valence-electron chi connectivity index (χ4n) is 2.33. The first-order valence-corrected chi connectivity index (χ1v) is 6.08. The molecule has 17 heavy (non-hydrogen) atoms. The number of ether oxygens (including phenoxy) is 1. The molecule has 0 saturated heterocycles. The summed E-state index contributed by atoms with van der Waals surface area (Å²) in [5, 5.41) is 9.23. The molecule has 0 radical (unpaired) electrons. The lowest BCUT2D eigenvalue weighted by molar-refractivity contribution is -0.148. The normalized spacial score (nSPS) is 18.6. The van der Waals surface area contributed by atoms with Gasteiger partial charge in [0, 0.05) is 18.2 Å². The summed E-state index contributed by atoms with van der Waals surface area (Å²) < 4.78 is 5.50. The van der Waals surface area contributed by atoms with Crippen molar-refractivity contribution in [1.29, 1.82) is 0 Å². The van der Waals surface area contributed by atoms with E-state index in [0.29, 0.717) is 5.88 Å². The number of aromatic nitrogens is 1. The number of hydrogen-bond acceptors (Lipinski definition) is 3. The molecule has 1 atom stereocenters. The van der Waals surface area contributed by atoms with Crippen molar-refractivity contribution in [2.45, 2.75) is 38.2 Å². The van der Waals surface area contributed by atoms with Crippen molar-refractivity contribution in [3.63, 3.8) is 0 Å². The van der Waals surface area contributed by atoms with Gasteiger partial charge in [-0.25, -0.2) is 9.78 Å². The average Bonchev–Trinajstić information content (AvgIpc) is 2.38. The van der Waals surface area contributed by atoms with E-state index < -0.39 is 12.1 Å². The van der Waals surface area contributed by atoms with Gasteiger partial charge in [0.2, 0.25) is 5.88 Å². The Balaban J connectivity index is 2.04. The summed E-state index contributed by atoms with van der Waals surface area (Å²) in [5.41, 5.74) is 0. The lowest BCUT2D eigenvalue weighted by Gasteiger charge is -2.27. The molecule has 1 aliphatic carbocycles. The average molecular weight is 235 g/mol. The summed E-state index contributed by atoms with van der Waals surface area (Å²) in [6.45, 7) is 0. The van der Waals surface area contributed by atoms with Gasteiger partial charge in [-0.15, -0.1) is 0 Å². The highest BCUT2D eigenvalue weighted by atomic mass is 16.5. The van der Waals surface area contributed by atoms with E-state index in [1.165, 1.54) is 6.42 Å². The van der Waals surface area contributed by atoms with Crippen molar-refractivity contribution in [3.8, 4) is 5.88 Å². The van der Waals surface area contributed by atoms with E-state index >= 15 is 0 Å². The molecule has 0 aliphatic heterocycles. The molecule has 0 aromatic carbocycles. The largest absolute Gasteiger partial charge is 0.478 e. The summed E-state index contributed by atoms with van der Waals surface area (Å²) >= 11 is 0. The van der Waals surface area contributed by atoms with E-state index in [1.54, 1.807) is 24.4 Å². The topological polar surface area (TPSA) is 59.4 Å². The minimum absolute atomic E-state index is 0.114. The zero-order chi connectivity index (χ0) is 12.1. The van der Waals surface area contributed by atoms with Crippen LogP contribution in [0.1, 0.15) is 32.1 Å². The minimum atomic E-state index is -0.887. The molecule has 1 fully saturated rings. The van der Waals surface area contributed by atoms with E-state index in [-0.39, 0.29) is 5.92 Å². The molecular weight excluding hydrogens is 218 g/mol. The summed E-state index contributed by atoms with van der Waals surface area (Å²) in [7, 11) is 0. The molecule has 1 aromatic heterocycles. The second-order valence-corrected chi connectivity index (χ2v) is 4.44. The summed E-state index contributed by atoms with van der Waals surface area (Å²) in [5.74, 6) is -0.378. The molecule has 4 heteroatoms. The molecule has 0 spiro atoms. The fourth-order valence-corrected chi connectivity index (χ4v) is 2.33. The van der Waals surface area contributed by atoms with Crippen molar-refractivity contribution in [1.82, 2.24) is 4.98 Å². The van der Waals surface area contributed by atoms with Crippen LogP contribution in [0.25, 0.3) is 0 Å². The Hall–Kier alpha value is -1.58. The predicted molar refractivity (Wildman–Crippen MR) is 62.9 cm³/mol. The van der Waals surface area contributed by atoms with Gasteiger partial charge in [0.15, 0.2) is 6.10 Å². The molecule has 1 heterocycles. The minimum Gasteiger partial charge on any atom is -0.478 e. The van der Waals surface area contributed by atoms with Crippen LogP contribution in [0.3, 0.4) is 0 Å². The second kappa shape index (κ2) is 5.66. The lowest BCUT2D eigenvalue weighted by atomic mass is 9.85. The highest BCUT2D eigenvalue weighted by Crippen LogP contribution is 2.28. The van der Waals surface area contributed by atoms with Gasteiger partial charge >= 0.3 is 5.97 Å². The van der Waals surface area contributed by atoms with E-state index in [0.717, 1.165) is 25.7 Å². The van der Waals surface area contributed by atoms with Crippen LogP contribution in [0.15, 0.2) is 24.4 Å². The van der Waals surface area contributed by atoms with Gasteiger partial charge in [-0.05, 0) is 18.9 Å². The Morgan fingerprint density at radius 2 is 2.12 bits per heavy atom. The number of rotatable bonds is 4. The molecule has 2 rings (SSSR count). The van der Waals surface area contributed by atoms with E-state index in [1.807, 2.05) is 0 Å². The quantitative estimate of drug-likeness (QED) is 0.871. The van der Waals surface area contributed by atoms with Crippen LogP contribution in [-0.4, -0.2) is 22.2 Å². The fraction of sp³-hybridized carbons (Fsp3) is 0.538. The second-order valence-electron chi connectivity index (χ2n) is 4.44. The van der Waals surface area contributed by atoms with Gasteiger partial charge < -0.3 is 9.84 Å². The van der Waals surface area contributed by atoms with Crippen LogP contribution in [0, 0.1) is 5.92 Å². The van der Waals surface area contributed by atoms with Crippen molar-refractivity contribution < 1.29 is 14.6 Å². The zero-order valence-corrected chi connectivity index (χ0v) is 9.71. The van der Waals surface area contributed by atoms with Crippen LogP contribution in [0.2, 0.25) is 0 Å². The molecule has 0 bridgehead atoms. The maximum Gasteiger partial charge on any atom is 0.345 e. The van der Waals surface area contributed by atoms with Crippen LogP contribution >= 0.6 is 0 Å². The zero-order valence-electron chi connectivity index (χ0n) is 9.71. The molecule has 92 valence electrons. The number of carboxylic acids is 1. The van der Waals surface area contributed by atoms with E-state index in [4.69, 9.17) is 4.74 Å². The number of nitrogens with zero attached hydrogens (tertiary/aromatic N) is 1. The first-order valence-electron chi connectivity index (χ1n) is 6.08. The molecule has 1 aromatic rings. The van der Waals surface area contributed by atoms with Gasteiger partial charge in [-0.2, -0.15) is 0 Å². The Morgan fingerprint density at radius 3 is 2.71 bits per heavy atom. The maximum absolute atomic E-state index is 11.3. The van der Waals surface area contributed by atoms with Gasteiger partial charge in [-0.3, -0.25) is 0 Å². The molecule has 1 unspecified atom stereocenters. The maximum atomic E-state index is 11.3. The van der Waals surface area contributed by atoms with Gasteiger partial charge in [-0.1, -0.05) is 25.3 Å². The first kappa shape index (κ1) is 11.9. The molecule has 0 amide bonds. The van der Waals surface area contributed by atoms with Crippen LogP contribution in [0.5, 0.6) is 5.88 Å². The lowest BCUT2D eigenvalue weighted by Crippen LogP contribution is -2.36. The smallest absolute Gasteiger partial charge is 0.345 e. The summed E-state index contributed by atoms with van der Waals surface area (Å²) in [4.78, 5) is 15.3. The van der Waals surface area contributed by atoms with E-state index in [9.17, 15) is 9.90 Å². The molecule has 4 nitrogen and oxygen atoms in total. The van der Waals surface area contributed by atoms with Crippen molar-refractivity contribution in [3.05, 3.63) is 24.4 Å². The Kier molecular flexibility index (Phi) is 3.96. The Labute approximate surface area is 101 Å². The third-order valence-electron chi connectivity index (χ3n) is 3.21. The van der Waals surface area contributed by atoms with E-state index in [2.05, 4.69) is 4.98 Å². The summed E-state index contributed by atoms with van der Waals surface area (Å²) in [6, 6.07) is 5.27. The van der Waals surface area contributed by atoms with Crippen molar-refractivity contribution >= 4 is 5.97 Å². The highest BCUT2D eigenvalue weighted by Gasteiger charge is 2.31. The number of carbonyl (C=O) groups is 1. The number of carboxylic acid groups (broad SMARTS) is 1. The van der Waals surface area contributed by atoms with Crippen LogP contribution in [-0.2, 0) is 4.79 Å². The summed E-state index contributed by atoms with van der Waals surface area (Å²) in [6.07, 6.45) is 6.11. The van der Waals surface area contributed by atoms with Crippen molar-refractivity contribution in [2.24, 2.45) is 5.92 Å². The molecule has 1 aliphatic rings. The number of pyridine rings is 1. The van der Waals surface area contributed by atoms with Gasteiger partial charge in [0.25, 0.3) is 0 Å². The third kappa shape index (κ3) is 3.19. The molecule has 1 saturated carbocycles. The Bertz CT molecular complexity index is 360. The van der Waals surface area contributed by atoms with Crippen molar-refractivity contribution in [2.75, 3.05) is 0 Å². The molecular formula is C13H17NO3. The monoisotopic (exact) mass is 235 g/mol. The van der Waals surface area contributed by atoms with Crippen LogP contribution in [0.4, 0.5) is 0 Å². The Morgan fingerprint density at radius 1 is 1.35 bits per heavy atom. The molecule has 1 N–H and O–H groups in total. The number of hydrogen-bond donors (Lipinski definition) is 1. The van der Waals surface area contributed by atoms with Gasteiger partial charge in [0.05, 0.1) is 0 Å². The van der Waals surface area contributed by atoms with Gasteiger partial charge in [0.1, 0.15) is 0 Å².